The van der Waals surface area contributed by atoms with Gasteiger partial charge in [-0.1, -0.05) is 36.4 Å². The van der Waals surface area contributed by atoms with Gasteiger partial charge < -0.3 is 10.2 Å². The highest BCUT2D eigenvalue weighted by Gasteiger charge is 2.27. The molecule has 0 fully saturated rings. The minimum absolute atomic E-state index is 0.143. The van der Waals surface area contributed by atoms with Crippen molar-refractivity contribution in [3.05, 3.63) is 99.9 Å². The molecule has 0 saturated heterocycles. The smallest absolute Gasteiger partial charge is 0.293 e. The van der Waals surface area contributed by atoms with Crippen molar-refractivity contribution in [2.75, 3.05) is 19.4 Å². The standard InChI is InChI=1S/C21H20N4O3/c1-22-17-12-11-16(14-19(17)25(27)28)21(26)24(2)20(15-8-4-3-5-9-15)18-10-6-7-13-23-18/h3-14,20,22H,1-2H3/t20-/m1/s1. The Bertz CT molecular complexity index is 938. The van der Waals surface area contributed by atoms with E-state index in [-0.39, 0.29) is 17.2 Å². The van der Waals surface area contributed by atoms with Crippen LogP contribution in [-0.2, 0) is 0 Å². The summed E-state index contributed by atoms with van der Waals surface area (Å²) < 4.78 is 0. The van der Waals surface area contributed by atoms with Crippen LogP contribution in [0.3, 0.4) is 0 Å². The lowest BCUT2D eigenvalue weighted by Gasteiger charge is -2.28. The highest BCUT2D eigenvalue weighted by atomic mass is 16.6. The van der Waals surface area contributed by atoms with Crippen LogP contribution in [0.2, 0.25) is 0 Å². The predicted octanol–water partition coefficient (Wildman–Crippen LogP) is 3.89. The van der Waals surface area contributed by atoms with Crippen molar-refractivity contribution in [1.29, 1.82) is 0 Å². The van der Waals surface area contributed by atoms with Gasteiger partial charge in [0.2, 0.25) is 0 Å². The van der Waals surface area contributed by atoms with Gasteiger partial charge in [0.1, 0.15) is 5.69 Å². The topological polar surface area (TPSA) is 88.4 Å². The lowest BCUT2D eigenvalue weighted by Crippen LogP contribution is -2.32. The Hall–Kier alpha value is -3.74. The lowest BCUT2D eigenvalue weighted by molar-refractivity contribution is -0.384. The maximum atomic E-state index is 13.2. The van der Waals surface area contributed by atoms with Crippen LogP contribution in [0.15, 0.2) is 72.9 Å². The van der Waals surface area contributed by atoms with Crippen LogP contribution in [-0.4, -0.2) is 34.8 Å². The molecule has 0 spiro atoms. The zero-order valence-electron chi connectivity index (χ0n) is 15.6. The van der Waals surface area contributed by atoms with Gasteiger partial charge in [-0.05, 0) is 29.8 Å². The van der Waals surface area contributed by atoms with Crippen molar-refractivity contribution in [2.24, 2.45) is 0 Å². The van der Waals surface area contributed by atoms with Crippen molar-refractivity contribution in [3.8, 4) is 0 Å². The third kappa shape index (κ3) is 3.83. The first kappa shape index (κ1) is 19.0. The number of nitrogens with one attached hydrogen (secondary N) is 1. The number of hydrogen-bond donors (Lipinski definition) is 1. The molecule has 1 N–H and O–H groups in total. The van der Waals surface area contributed by atoms with Crippen molar-refractivity contribution < 1.29 is 9.72 Å². The zero-order valence-corrected chi connectivity index (χ0v) is 15.6. The van der Waals surface area contributed by atoms with Gasteiger partial charge in [-0.25, -0.2) is 0 Å². The molecule has 142 valence electrons. The van der Waals surface area contributed by atoms with Crippen LogP contribution in [0.25, 0.3) is 0 Å². The van der Waals surface area contributed by atoms with E-state index in [0.29, 0.717) is 11.4 Å². The van der Waals surface area contributed by atoms with Crippen LogP contribution in [0.5, 0.6) is 0 Å². The predicted molar refractivity (Wildman–Crippen MR) is 107 cm³/mol. The summed E-state index contributed by atoms with van der Waals surface area (Å²) in [6.45, 7) is 0. The molecule has 7 heteroatoms. The number of carbonyl (C=O) groups is 1. The molecule has 0 aliphatic heterocycles. The molecule has 3 aromatic rings. The second-order valence-electron chi connectivity index (χ2n) is 6.22. The number of anilines is 1. The summed E-state index contributed by atoms with van der Waals surface area (Å²) >= 11 is 0. The Morgan fingerprint density at radius 3 is 2.43 bits per heavy atom. The molecular weight excluding hydrogens is 356 g/mol. The number of hydrogen-bond acceptors (Lipinski definition) is 5. The highest BCUT2D eigenvalue weighted by molar-refractivity contribution is 5.96. The SMILES string of the molecule is CNc1ccc(C(=O)N(C)[C@H](c2ccccc2)c2ccccn2)cc1[N+](=O)[O-]. The Labute approximate surface area is 162 Å². The molecule has 0 saturated carbocycles. The molecule has 3 rings (SSSR count). The van der Waals surface area contributed by atoms with E-state index < -0.39 is 11.0 Å². The molecule has 7 nitrogen and oxygen atoms in total. The monoisotopic (exact) mass is 376 g/mol. The molecule has 1 amide bonds. The molecule has 1 heterocycles. The minimum atomic E-state index is -0.504. The van der Waals surface area contributed by atoms with Gasteiger partial charge in [0.25, 0.3) is 11.6 Å². The number of nitro benzene ring substituents is 1. The molecule has 1 aromatic heterocycles. The van der Waals surface area contributed by atoms with E-state index in [9.17, 15) is 14.9 Å². The number of benzene rings is 2. The maximum absolute atomic E-state index is 13.2. The van der Waals surface area contributed by atoms with E-state index in [4.69, 9.17) is 0 Å². The molecule has 28 heavy (non-hydrogen) atoms. The van der Waals surface area contributed by atoms with Gasteiger partial charge in [-0.15, -0.1) is 0 Å². The fraction of sp³-hybridized carbons (Fsp3) is 0.143. The van der Waals surface area contributed by atoms with Gasteiger partial charge in [0, 0.05) is 31.9 Å². The van der Waals surface area contributed by atoms with Gasteiger partial charge in [-0.2, -0.15) is 0 Å². The molecule has 2 aromatic carbocycles. The number of nitro groups is 1. The van der Waals surface area contributed by atoms with Crippen molar-refractivity contribution in [1.82, 2.24) is 9.88 Å². The number of nitrogens with zero attached hydrogens (tertiary/aromatic N) is 3. The summed E-state index contributed by atoms with van der Waals surface area (Å²) in [4.78, 5) is 30.0. The quantitative estimate of drug-likeness (QED) is 0.521. The summed E-state index contributed by atoms with van der Waals surface area (Å²) in [5.41, 5.74) is 2.07. The normalized spacial score (nSPS) is 11.5. The van der Waals surface area contributed by atoms with Gasteiger partial charge in [-0.3, -0.25) is 19.9 Å². The van der Waals surface area contributed by atoms with Crippen LogP contribution in [0, 0.1) is 10.1 Å². The highest BCUT2D eigenvalue weighted by Crippen LogP contribution is 2.30. The number of carbonyl (C=O) groups excluding carboxylic acids is 1. The van der Waals surface area contributed by atoms with Crippen LogP contribution < -0.4 is 5.32 Å². The third-order valence-electron chi connectivity index (χ3n) is 4.50. The molecule has 0 bridgehead atoms. The van der Waals surface area contributed by atoms with Gasteiger partial charge in [0.05, 0.1) is 16.7 Å². The number of pyridine rings is 1. The largest absolute Gasteiger partial charge is 0.383 e. The summed E-state index contributed by atoms with van der Waals surface area (Å²) in [7, 11) is 3.27. The van der Waals surface area contributed by atoms with E-state index >= 15 is 0 Å². The van der Waals surface area contributed by atoms with Crippen LogP contribution in [0.4, 0.5) is 11.4 Å². The Morgan fingerprint density at radius 1 is 1.11 bits per heavy atom. The summed E-state index contributed by atoms with van der Waals surface area (Å²) in [5.74, 6) is -0.328. The number of aromatic nitrogens is 1. The first-order valence-electron chi connectivity index (χ1n) is 8.72. The fourth-order valence-electron chi connectivity index (χ4n) is 3.11. The Kier molecular flexibility index (Phi) is 5.64. The van der Waals surface area contributed by atoms with E-state index in [0.717, 1.165) is 5.56 Å². The lowest BCUT2D eigenvalue weighted by atomic mass is 10.0. The van der Waals surface area contributed by atoms with Crippen LogP contribution in [0.1, 0.15) is 27.7 Å². The molecule has 1 atom stereocenters. The van der Waals surface area contributed by atoms with Gasteiger partial charge >= 0.3 is 0 Å². The van der Waals surface area contributed by atoms with E-state index in [2.05, 4.69) is 10.3 Å². The molecule has 0 aliphatic carbocycles. The minimum Gasteiger partial charge on any atom is -0.383 e. The number of rotatable bonds is 6. The summed E-state index contributed by atoms with van der Waals surface area (Å²) in [6.07, 6.45) is 1.68. The second-order valence-corrected chi connectivity index (χ2v) is 6.22. The molecular formula is C21H20N4O3. The zero-order chi connectivity index (χ0) is 20.1. The van der Waals surface area contributed by atoms with E-state index in [1.807, 2.05) is 48.5 Å². The van der Waals surface area contributed by atoms with E-state index in [1.54, 1.807) is 31.3 Å². The van der Waals surface area contributed by atoms with E-state index in [1.165, 1.54) is 12.1 Å². The summed E-state index contributed by atoms with van der Waals surface area (Å²) in [5, 5.41) is 14.1. The van der Waals surface area contributed by atoms with Crippen molar-refractivity contribution >= 4 is 17.3 Å². The van der Waals surface area contributed by atoms with Crippen LogP contribution >= 0.6 is 0 Å². The first-order chi connectivity index (χ1) is 13.5. The first-order valence-corrected chi connectivity index (χ1v) is 8.72. The Balaban J connectivity index is 2.02. The number of amides is 1. The fourth-order valence-corrected chi connectivity index (χ4v) is 3.11. The van der Waals surface area contributed by atoms with Gasteiger partial charge in [0.15, 0.2) is 0 Å². The molecule has 0 radical (unpaired) electrons. The second kappa shape index (κ2) is 8.30. The average molecular weight is 376 g/mol. The third-order valence-corrected chi connectivity index (χ3v) is 4.50. The average Bonchev–Trinajstić information content (AvgIpc) is 2.74. The van der Waals surface area contributed by atoms with Crippen molar-refractivity contribution in [2.45, 2.75) is 6.04 Å². The van der Waals surface area contributed by atoms with Crippen molar-refractivity contribution in [3.63, 3.8) is 0 Å². The molecule has 0 unspecified atom stereocenters. The summed E-state index contributed by atoms with van der Waals surface area (Å²) in [6, 6.07) is 19.1. The Morgan fingerprint density at radius 2 is 1.82 bits per heavy atom. The molecule has 0 aliphatic rings. The maximum Gasteiger partial charge on any atom is 0.293 e.